The first-order chi connectivity index (χ1) is 13.4. The van der Waals surface area contributed by atoms with Gasteiger partial charge in [-0.3, -0.25) is 14.2 Å². The summed E-state index contributed by atoms with van der Waals surface area (Å²) in [6.45, 7) is 6.34. The van der Waals surface area contributed by atoms with E-state index in [4.69, 9.17) is 11.6 Å². The number of aryl methyl sites for hydroxylation is 1. The third kappa shape index (κ3) is 4.56. The van der Waals surface area contributed by atoms with Crippen molar-refractivity contribution in [2.75, 3.05) is 5.75 Å². The minimum absolute atomic E-state index is 0.0717. The van der Waals surface area contributed by atoms with E-state index in [2.05, 4.69) is 10.3 Å². The highest BCUT2D eigenvalue weighted by Gasteiger charge is 2.15. The Balaban J connectivity index is 1.77. The van der Waals surface area contributed by atoms with Crippen LogP contribution in [0.4, 0.5) is 0 Å². The molecule has 2 aromatic carbocycles. The zero-order valence-corrected chi connectivity index (χ0v) is 17.6. The molecule has 0 atom stereocenters. The first kappa shape index (κ1) is 20.4. The topological polar surface area (TPSA) is 64.0 Å². The fourth-order valence-electron chi connectivity index (χ4n) is 2.89. The predicted molar refractivity (Wildman–Crippen MR) is 115 cm³/mol. The number of rotatable bonds is 6. The van der Waals surface area contributed by atoms with Crippen molar-refractivity contribution < 1.29 is 4.79 Å². The molecule has 1 heterocycles. The molecule has 3 aromatic rings. The van der Waals surface area contributed by atoms with Gasteiger partial charge in [-0.2, -0.15) is 0 Å². The van der Waals surface area contributed by atoms with Gasteiger partial charge in [0.25, 0.3) is 5.56 Å². The highest BCUT2D eigenvalue weighted by molar-refractivity contribution is 7.99. The number of benzene rings is 2. The Morgan fingerprint density at radius 2 is 2.00 bits per heavy atom. The van der Waals surface area contributed by atoms with Crippen LogP contribution >= 0.6 is 23.4 Å². The van der Waals surface area contributed by atoms with Crippen molar-refractivity contribution in [1.82, 2.24) is 14.9 Å². The number of nitrogens with zero attached hydrogens (tertiary/aromatic N) is 2. The van der Waals surface area contributed by atoms with E-state index in [0.717, 1.165) is 11.1 Å². The van der Waals surface area contributed by atoms with Crippen LogP contribution in [0, 0.1) is 6.92 Å². The second-order valence-electron chi connectivity index (χ2n) is 6.82. The number of fused-ring (bicyclic) bond motifs is 1. The van der Waals surface area contributed by atoms with E-state index >= 15 is 0 Å². The Hall–Kier alpha value is -2.31. The molecule has 146 valence electrons. The van der Waals surface area contributed by atoms with Gasteiger partial charge in [0.15, 0.2) is 5.16 Å². The van der Waals surface area contributed by atoms with E-state index in [1.807, 2.05) is 45.0 Å². The van der Waals surface area contributed by atoms with Gasteiger partial charge < -0.3 is 5.32 Å². The summed E-state index contributed by atoms with van der Waals surface area (Å²) in [6, 6.07) is 12.9. The minimum Gasteiger partial charge on any atom is -0.351 e. The van der Waals surface area contributed by atoms with Crippen LogP contribution in [-0.4, -0.2) is 21.2 Å². The number of aromatic nitrogens is 2. The molecule has 0 aliphatic rings. The van der Waals surface area contributed by atoms with Gasteiger partial charge in [0.2, 0.25) is 5.91 Å². The lowest BCUT2D eigenvalue weighted by molar-refractivity contribution is -0.118. The van der Waals surface area contributed by atoms with Gasteiger partial charge in [-0.25, -0.2) is 4.98 Å². The molecule has 0 fully saturated rings. The van der Waals surface area contributed by atoms with Gasteiger partial charge in [-0.1, -0.05) is 47.6 Å². The van der Waals surface area contributed by atoms with Crippen LogP contribution in [0.1, 0.15) is 31.0 Å². The Bertz CT molecular complexity index is 1080. The summed E-state index contributed by atoms with van der Waals surface area (Å²) in [4.78, 5) is 29.8. The molecule has 0 bridgehead atoms. The van der Waals surface area contributed by atoms with Crippen LogP contribution in [0.2, 0.25) is 5.02 Å². The van der Waals surface area contributed by atoms with E-state index in [0.29, 0.717) is 27.6 Å². The van der Waals surface area contributed by atoms with Crippen molar-refractivity contribution in [2.45, 2.75) is 38.5 Å². The fraction of sp³-hybridized carbons (Fsp3) is 0.286. The molecule has 0 spiro atoms. The maximum atomic E-state index is 12.9. The average Bonchev–Trinajstić information content (AvgIpc) is 2.65. The number of carbonyl (C=O) groups is 1. The molecule has 1 N–H and O–H groups in total. The van der Waals surface area contributed by atoms with Crippen molar-refractivity contribution in [3.05, 3.63) is 69.0 Å². The normalized spacial score (nSPS) is 11.2. The van der Waals surface area contributed by atoms with Crippen LogP contribution < -0.4 is 10.9 Å². The van der Waals surface area contributed by atoms with Crippen LogP contribution in [-0.2, 0) is 11.3 Å². The molecule has 28 heavy (non-hydrogen) atoms. The van der Waals surface area contributed by atoms with Gasteiger partial charge >= 0.3 is 0 Å². The summed E-state index contributed by atoms with van der Waals surface area (Å²) in [5.74, 6) is 0.0703. The van der Waals surface area contributed by atoms with Crippen LogP contribution in [0.3, 0.4) is 0 Å². The van der Waals surface area contributed by atoms with E-state index < -0.39 is 0 Å². The van der Waals surface area contributed by atoms with Crippen molar-refractivity contribution in [2.24, 2.45) is 0 Å². The summed E-state index contributed by atoms with van der Waals surface area (Å²) in [6.07, 6.45) is 0. The number of halogens is 1. The number of thioether (sulfide) groups is 1. The second-order valence-corrected chi connectivity index (χ2v) is 8.20. The van der Waals surface area contributed by atoms with E-state index in [-0.39, 0.29) is 23.3 Å². The molecular formula is C21H22ClN3O2S. The standard InChI is InChI=1S/C21H22ClN3O2S/c1-13(2)25-20(27)17-9-8-16(22)10-18(17)24-21(25)28-12-19(26)23-11-15-7-5-4-6-14(15)3/h4-10,13H,11-12H2,1-3H3,(H,23,26). The smallest absolute Gasteiger partial charge is 0.262 e. The SMILES string of the molecule is Cc1ccccc1CNC(=O)CSc1nc2cc(Cl)ccc2c(=O)n1C(C)C. The van der Waals surface area contributed by atoms with Crippen molar-refractivity contribution in [3.63, 3.8) is 0 Å². The molecule has 0 radical (unpaired) electrons. The number of hydrogen-bond acceptors (Lipinski definition) is 4. The van der Waals surface area contributed by atoms with Gasteiger partial charge in [-0.05, 0) is 50.1 Å². The van der Waals surface area contributed by atoms with Crippen molar-refractivity contribution >= 4 is 40.2 Å². The molecule has 0 saturated carbocycles. The van der Waals surface area contributed by atoms with Gasteiger partial charge in [0, 0.05) is 17.6 Å². The highest BCUT2D eigenvalue weighted by atomic mass is 35.5. The molecule has 7 heteroatoms. The highest BCUT2D eigenvalue weighted by Crippen LogP contribution is 2.22. The molecule has 5 nitrogen and oxygen atoms in total. The first-order valence-electron chi connectivity index (χ1n) is 9.02. The fourth-order valence-corrected chi connectivity index (χ4v) is 4.02. The summed E-state index contributed by atoms with van der Waals surface area (Å²) in [7, 11) is 0. The van der Waals surface area contributed by atoms with E-state index in [1.54, 1.807) is 22.8 Å². The monoisotopic (exact) mass is 415 g/mol. The molecule has 1 amide bonds. The molecule has 1 aromatic heterocycles. The second kappa shape index (κ2) is 8.80. The lowest BCUT2D eigenvalue weighted by Crippen LogP contribution is -2.27. The molecular weight excluding hydrogens is 394 g/mol. The Kier molecular flexibility index (Phi) is 6.42. The summed E-state index contributed by atoms with van der Waals surface area (Å²) in [5, 5.41) is 4.48. The van der Waals surface area contributed by atoms with Gasteiger partial charge in [-0.15, -0.1) is 0 Å². The zero-order chi connectivity index (χ0) is 20.3. The summed E-state index contributed by atoms with van der Waals surface area (Å²) >= 11 is 7.30. The number of hydrogen-bond donors (Lipinski definition) is 1. The van der Waals surface area contributed by atoms with Gasteiger partial charge in [0.1, 0.15) is 0 Å². The Morgan fingerprint density at radius 3 is 2.71 bits per heavy atom. The maximum Gasteiger partial charge on any atom is 0.262 e. The van der Waals surface area contributed by atoms with Crippen molar-refractivity contribution in [3.8, 4) is 0 Å². The van der Waals surface area contributed by atoms with Crippen LogP contribution in [0.15, 0.2) is 52.4 Å². The number of amides is 1. The largest absolute Gasteiger partial charge is 0.351 e. The summed E-state index contributed by atoms with van der Waals surface area (Å²) in [5.41, 5.74) is 2.63. The molecule has 0 saturated heterocycles. The summed E-state index contributed by atoms with van der Waals surface area (Å²) < 4.78 is 1.62. The minimum atomic E-state index is -0.125. The van der Waals surface area contributed by atoms with E-state index in [1.165, 1.54) is 11.8 Å². The Labute approximate surface area is 173 Å². The molecule has 0 aliphatic carbocycles. The molecule has 3 rings (SSSR count). The maximum absolute atomic E-state index is 12.9. The van der Waals surface area contributed by atoms with Crippen LogP contribution in [0.5, 0.6) is 0 Å². The lowest BCUT2D eigenvalue weighted by Gasteiger charge is -2.16. The lowest BCUT2D eigenvalue weighted by atomic mass is 10.1. The third-order valence-corrected chi connectivity index (χ3v) is 5.60. The predicted octanol–water partition coefficient (Wildman–Crippen LogP) is 4.35. The molecule has 0 aliphatic heterocycles. The van der Waals surface area contributed by atoms with Gasteiger partial charge in [0.05, 0.1) is 16.7 Å². The zero-order valence-electron chi connectivity index (χ0n) is 16.0. The quantitative estimate of drug-likeness (QED) is 0.480. The average molecular weight is 416 g/mol. The van der Waals surface area contributed by atoms with Crippen LogP contribution in [0.25, 0.3) is 10.9 Å². The number of nitrogens with one attached hydrogen (secondary N) is 1. The third-order valence-electron chi connectivity index (χ3n) is 4.42. The van der Waals surface area contributed by atoms with E-state index in [9.17, 15) is 9.59 Å². The molecule has 0 unspecified atom stereocenters. The van der Waals surface area contributed by atoms with Crippen molar-refractivity contribution in [1.29, 1.82) is 0 Å². The first-order valence-corrected chi connectivity index (χ1v) is 10.4. The Morgan fingerprint density at radius 1 is 1.25 bits per heavy atom. The number of carbonyl (C=O) groups excluding carboxylic acids is 1.